The molecule has 0 amide bonds. The Bertz CT molecular complexity index is 1250. The Morgan fingerprint density at radius 1 is 1.06 bits per heavy atom. The van der Waals surface area contributed by atoms with Crippen LogP contribution in [-0.2, 0) is 23.0 Å². The highest BCUT2D eigenvalue weighted by Gasteiger charge is 2.21. The fraction of sp³-hybridized carbons (Fsp3) is 0.318. The van der Waals surface area contributed by atoms with Crippen molar-refractivity contribution in [3.63, 3.8) is 0 Å². The van der Waals surface area contributed by atoms with Gasteiger partial charge in [-0.15, -0.1) is 10.2 Å². The van der Waals surface area contributed by atoms with Crippen molar-refractivity contribution < 1.29 is 18.3 Å². The fourth-order valence-electron chi connectivity index (χ4n) is 3.83. The Morgan fingerprint density at radius 2 is 1.81 bits per heavy atom. The monoisotopic (exact) mass is 440 g/mol. The number of nitrogens with one attached hydrogen (secondary N) is 1. The summed E-state index contributed by atoms with van der Waals surface area (Å²) in [5.41, 5.74) is 2.30. The summed E-state index contributed by atoms with van der Waals surface area (Å²) in [6.07, 6.45) is 4.29. The number of hydrogen-bond acceptors (Lipinski definition) is 5. The van der Waals surface area contributed by atoms with Crippen LogP contribution in [0.4, 0.5) is 5.69 Å². The molecule has 8 nitrogen and oxygen atoms in total. The van der Waals surface area contributed by atoms with E-state index < -0.39 is 16.0 Å². The highest BCUT2D eigenvalue weighted by atomic mass is 32.2. The minimum absolute atomic E-state index is 0.0447. The Balaban J connectivity index is 1.61. The van der Waals surface area contributed by atoms with E-state index in [-0.39, 0.29) is 10.5 Å². The first-order valence-electron chi connectivity index (χ1n) is 10.2. The summed E-state index contributed by atoms with van der Waals surface area (Å²) in [5.74, 6) is 0.602. The van der Waals surface area contributed by atoms with Crippen LogP contribution in [0.15, 0.2) is 41.3 Å². The molecule has 0 spiro atoms. The van der Waals surface area contributed by atoms with Crippen molar-refractivity contribution in [2.75, 3.05) is 4.72 Å². The van der Waals surface area contributed by atoms with Crippen molar-refractivity contribution in [1.29, 1.82) is 0 Å². The Hall–Kier alpha value is -3.20. The van der Waals surface area contributed by atoms with Crippen molar-refractivity contribution in [2.24, 2.45) is 0 Å². The van der Waals surface area contributed by atoms with Crippen molar-refractivity contribution in [1.82, 2.24) is 14.8 Å². The molecule has 2 aromatic carbocycles. The van der Waals surface area contributed by atoms with Crippen molar-refractivity contribution in [2.45, 2.75) is 51.0 Å². The second-order valence-corrected chi connectivity index (χ2v) is 9.46. The number of carbonyl (C=O) groups is 1. The number of fused-ring (bicyclic) bond motifs is 1. The lowest BCUT2D eigenvalue weighted by molar-refractivity contribution is 0.0696. The lowest BCUT2D eigenvalue weighted by Crippen LogP contribution is -2.16. The molecule has 2 N–H and O–H groups in total. The molecule has 0 saturated carbocycles. The number of benzene rings is 2. The number of sulfonamides is 1. The molecule has 0 radical (unpaired) electrons. The molecule has 31 heavy (non-hydrogen) atoms. The van der Waals surface area contributed by atoms with Gasteiger partial charge in [-0.25, -0.2) is 13.2 Å². The van der Waals surface area contributed by atoms with Crippen LogP contribution < -0.4 is 4.72 Å². The number of rotatable bonds is 5. The first-order valence-corrected chi connectivity index (χ1v) is 11.6. The minimum Gasteiger partial charge on any atom is -0.478 e. The molecule has 1 aliphatic heterocycles. The summed E-state index contributed by atoms with van der Waals surface area (Å²) < 4.78 is 30.6. The summed E-state index contributed by atoms with van der Waals surface area (Å²) in [7, 11) is -3.95. The maximum absolute atomic E-state index is 13.0. The standard InChI is InChI=1S/C22H24N4O4S/c1-14-12-17(22(27)28)13-19(15(14)2)31(29,30)25-18-9-7-16(8-10-18)21-24-23-20-6-4-3-5-11-26(20)21/h7-10,12-13,25H,3-6,11H2,1-2H3,(H,27,28). The first kappa shape index (κ1) is 21.0. The summed E-state index contributed by atoms with van der Waals surface area (Å²) >= 11 is 0. The molecule has 3 aromatic rings. The second kappa shape index (κ2) is 8.14. The molecule has 0 fully saturated rings. The molecule has 9 heteroatoms. The number of carboxylic acid groups (broad SMARTS) is 1. The molecule has 0 saturated heterocycles. The van der Waals surface area contributed by atoms with E-state index in [9.17, 15) is 18.3 Å². The van der Waals surface area contributed by atoms with E-state index in [1.54, 1.807) is 26.0 Å². The normalized spacial score (nSPS) is 14.0. The molecule has 0 atom stereocenters. The third-order valence-electron chi connectivity index (χ3n) is 5.66. The van der Waals surface area contributed by atoms with E-state index in [1.807, 2.05) is 12.1 Å². The third kappa shape index (κ3) is 4.18. The largest absolute Gasteiger partial charge is 0.478 e. The Morgan fingerprint density at radius 3 is 2.52 bits per heavy atom. The molecule has 1 aliphatic rings. The van der Waals surface area contributed by atoms with Crippen LogP contribution in [-0.4, -0.2) is 34.3 Å². The van der Waals surface area contributed by atoms with Gasteiger partial charge in [0.1, 0.15) is 5.82 Å². The van der Waals surface area contributed by atoms with Gasteiger partial charge < -0.3 is 9.67 Å². The van der Waals surface area contributed by atoms with E-state index in [2.05, 4.69) is 19.5 Å². The fourth-order valence-corrected chi connectivity index (χ4v) is 5.23. The van der Waals surface area contributed by atoms with Gasteiger partial charge in [-0.3, -0.25) is 4.72 Å². The van der Waals surface area contributed by atoms with Crippen LogP contribution in [0.5, 0.6) is 0 Å². The van der Waals surface area contributed by atoms with Crippen LogP contribution in [0.3, 0.4) is 0 Å². The van der Waals surface area contributed by atoms with Crippen LogP contribution in [0.25, 0.3) is 11.4 Å². The molecular weight excluding hydrogens is 416 g/mol. The maximum Gasteiger partial charge on any atom is 0.335 e. The Kier molecular flexibility index (Phi) is 5.53. The summed E-state index contributed by atoms with van der Waals surface area (Å²) in [6.45, 7) is 4.23. The SMILES string of the molecule is Cc1cc(C(=O)O)cc(S(=O)(=O)Nc2ccc(-c3nnc4n3CCCCC4)cc2)c1C. The van der Waals surface area contributed by atoms with Crippen molar-refractivity contribution >= 4 is 21.7 Å². The van der Waals surface area contributed by atoms with Gasteiger partial charge >= 0.3 is 5.97 Å². The lowest BCUT2D eigenvalue weighted by Gasteiger charge is -2.13. The molecule has 0 unspecified atom stereocenters. The first-order chi connectivity index (χ1) is 14.8. The van der Waals surface area contributed by atoms with Gasteiger partial charge in [0.25, 0.3) is 10.0 Å². The summed E-state index contributed by atoms with van der Waals surface area (Å²) in [6, 6.07) is 9.63. The smallest absolute Gasteiger partial charge is 0.335 e. The van der Waals surface area contributed by atoms with Crippen LogP contribution in [0.1, 0.15) is 46.6 Å². The van der Waals surface area contributed by atoms with E-state index in [1.165, 1.54) is 18.6 Å². The van der Waals surface area contributed by atoms with Gasteiger partial charge in [0.05, 0.1) is 10.5 Å². The summed E-state index contributed by atoms with van der Waals surface area (Å²) in [5, 5.41) is 17.9. The highest BCUT2D eigenvalue weighted by molar-refractivity contribution is 7.92. The van der Waals surface area contributed by atoms with Gasteiger partial charge in [-0.2, -0.15) is 0 Å². The van der Waals surface area contributed by atoms with Gasteiger partial charge in [0.2, 0.25) is 0 Å². The Labute approximate surface area is 181 Å². The van der Waals surface area contributed by atoms with Crippen LogP contribution >= 0.6 is 0 Å². The predicted octanol–water partition coefficient (Wildman–Crippen LogP) is 3.79. The molecule has 162 valence electrons. The van der Waals surface area contributed by atoms with Crippen molar-refractivity contribution in [3.8, 4) is 11.4 Å². The predicted molar refractivity (Wildman–Crippen MR) is 117 cm³/mol. The average Bonchev–Trinajstić information content (AvgIpc) is 2.98. The lowest BCUT2D eigenvalue weighted by atomic mass is 10.1. The topological polar surface area (TPSA) is 114 Å². The van der Waals surface area contributed by atoms with Gasteiger partial charge in [0.15, 0.2) is 5.82 Å². The highest BCUT2D eigenvalue weighted by Crippen LogP contribution is 2.27. The molecule has 1 aromatic heterocycles. The van der Waals surface area contributed by atoms with Crippen LogP contribution in [0.2, 0.25) is 0 Å². The molecule has 0 bridgehead atoms. The average molecular weight is 441 g/mol. The number of nitrogens with zero attached hydrogens (tertiary/aromatic N) is 3. The molecular formula is C22H24N4O4S. The number of anilines is 1. The number of aromatic nitrogens is 3. The van der Waals surface area contributed by atoms with Gasteiger partial charge in [0, 0.05) is 24.2 Å². The molecule has 2 heterocycles. The van der Waals surface area contributed by atoms with Crippen LogP contribution in [0, 0.1) is 13.8 Å². The quantitative estimate of drug-likeness (QED) is 0.624. The number of carboxylic acids is 1. The number of aromatic carboxylic acids is 1. The zero-order chi connectivity index (χ0) is 22.2. The molecule has 4 rings (SSSR count). The molecule has 0 aliphatic carbocycles. The van der Waals surface area contributed by atoms with Gasteiger partial charge in [-0.05, 0) is 74.2 Å². The van der Waals surface area contributed by atoms with Gasteiger partial charge in [-0.1, -0.05) is 6.42 Å². The second-order valence-electron chi connectivity index (χ2n) is 7.81. The van der Waals surface area contributed by atoms with Crippen molar-refractivity contribution in [3.05, 3.63) is 58.9 Å². The minimum atomic E-state index is -3.95. The van der Waals surface area contributed by atoms with E-state index in [0.29, 0.717) is 16.8 Å². The van der Waals surface area contributed by atoms with E-state index >= 15 is 0 Å². The van der Waals surface area contributed by atoms with E-state index in [4.69, 9.17) is 0 Å². The maximum atomic E-state index is 13.0. The number of hydrogen-bond donors (Lipinski definition) is 2. The van der Waals surface area contributed by atoms with E-state index in [0.717, 1.165) is 43.0 Å². The zero-order valence-corrected chi connectivity index (χ0v) is 18.2. The zero-order valence-electron chi connectivity index (χ0n) is 17.4. The summed E-state index contributed by atoms with van der Waals surface area (Å²) in [4.78, 5) is 11.3. The number of aryl methyl sites for hydroxylation is 2. The third-order valence-corrected chi connectivity index (χ3v) is 7.17.